The number of unbranched alkanes of at least 4 members (excludes halogenated alkanes) is 2. The maximum Gasteiger partial charge on any atom is 0.255 e. The molecule has 1 aromatic rings. The number of carbonyl (C=O) groups is 1. The van der Waals surface area contributed by atoms with E-state index in [1.165, 1.54) is 12.8 Å². The normalized spacial score (nSPS) is 10.2. The minimum atomic E-state index is 0.0589. The van der Waals surface area contributed by atoms with Gasteiger partial charge in [0.2, 0.25) is 0 Å². The van der Waals surface area contributed by atoms with Crippen LogP contribution in [0.15, 0.2) is 18.3 Å². The monoisotopic (exact) mass is 220 g/mol. The van der Waals surface area contributed by atoms with E-state index in [4.69, 9.17) is 0 Å². The Morgan fingerprint density at radius 1 is 1.38 bits per heavy atom. The summed E-state index contributed by atoms with van der Waals surface area (Å²) in [6.45, 7) is 4.89. The van der Waals surface area contributed by atoms with Crippen molar-refractivity contribution in [2.75, 3.05) is 13.6 Å². The molecule has 3 nitrogen and oxygen atoms in total. The molecule has 0 bridgehead atoms. The highest BCUT2D eigenvalue weighted by Gasteiger charge is 2.10. The van der Waals surface area contributed by atoms with Crippen LogP contribution in [0.5, 0.6) is 0 Å². The van der Waals surface area contributed by atoms with Gasteiger partial charge in [0.1, 0.15) is 0 Å². The summed E-state index contributed by atoms with van der Waals surface area (Å²) in [6.07, 6.45) is 5.06. The van der Waals surface area contributed by atoms with Crippen LogP contribution in [-0.4, -0.2) is 29.4 Å². The van der Waals surface area contributed by atoms with Crippen LogP contribution in [-0.2, 0) is 0 Å². The number of hydrogen-bond donors (Lipinski definition) is 0. The molecule has 0 spiro atoms. The SMILES string of the molecule is CCCCCN(C)C(=O)c1ccc(C)nc1. The molecular weight excluding hydrogens is 200 g/mol. The molecule has 0 aromatic carbocycles. The van der Waals surface area contributed by atoms with Crippen molar-refractivity contribution in [2.24, 2.45) is 0 Å². The molecule has 1 aromatic heterocycles. The molecule has 3 heteroatoms. The molecule has 0 atom stereocenters. The van der Waals surface area contributed by atoms with Gasteiger partial charge in [0.15, 0.2) is 0 Å². The summed E-state index contributed by atoms with van der Waals surface area (Å²) in [7, 11) is 1.85. The molecule has 0 radical (unpaired) electrons. The van der Waals surface area contributed by atoms with Crippen molar-refractivity contribution in [3.05, 3.63) is 29.6 Å². The Morgan fingerprint density at radius 3 is 2.69 bits per heavy atom. The van der Waals surface area contributed by atoms with Crippen molar-refractivity contribution in [1.82, 2.24) is 9.88 Å². The summed E-state index contributed by atoms with van der Waals surface area (Å²) in [5.41, 5.74) is 1.61. The van der Waals surface area contributed by atoms with Crippen molar-refractivity contribution in [3.63, 3.8) is 0 Å². The van der Waals surface area contributed by atoms with E-state index in [0.717, 1.165) is 18.7 Å². The van der Waals surface area contributed by atoms with Crippen LogP contribution in [0.2, 0.25) is 0 Å². The Balaban J connectivity index is 2.53. The van der Waals surface area contributed by atoms with E-state index in [2.05, 4.69) is 11.9 Å². The number of carbonyl (C=O) groups excluding carboxylic acids is 1. The van der Waals surface area contributed by atoms with Gasteiger partial charge in [-0.2, -0.15) is 0 Å². The lowest BCUT2D eigenvalue weighted by atomic mass is 10.2. The van der Waals surface area contributed by atoms with Gasteiger partial charge in [-0.25, -0.2) is 0 Å². The van der Waals surface area contributed by atoms with Crippen LogP contribution in [0, 0.1) is 6.92 Å². The Morgan fingerprint density at radius 2 is 2.12 bits per heavy atom. The second kappa shape index (κ2) is 6.26. The highest BCUT2D eigenvalue weighted by molar-refractivity contribution is 5.93. The molecule has 0 aliphatic carbocycles. The first-order valence-corrected chi connectivity index (χ1v) is 5.83. The molecule has 16 heavy (non-hydrogen) atoms. The maximum absolute atomic E-state index is 11.9. The van der Waals surface area contributed by atoms with Crippen molar-refractivity contribution in [3.8, 4) is 0 Å². The first-order chi connectivity index (χ1) is 7.65. The number of amides is 1. The van der Waals surface area contributed by atoms with Crippen molar-refractivity contribution < 1.29 is 4.79 Å². The molecule has 0 unspecified atom stereocenters. The smallest absolute Gasteiger partial charge is 0.255 e. The largest absolute Gasteiger partial charge is 0.342 e. The molecule has 0 aliphatic rings. The molecule has 88 valence electrons. The average Bonchev–Trinajstić information content (AvgIpc) is 2.29. The molecule has 1 amide bonds. The van der Waals surface area contributed by atoms with Crippen molar-refractivity contribution in [2.45, 2.75) is 33.1 Å². The first-order valence-electron chi connectivity index (χ1n) is 5.83. The summed E-state index contributed by atoms with van der Waals surface area (Å²) in [4.78, 5) is 17.8. The van der Waals surface area contributed by atoms with Gasteiger partial charge >= 0.3 is 0 Å². The zero-order chi connectivity index (χ0) is 12.0. The second-order valence-electron chi connectivity index (χ2n) is 4.12. The van der Waals surface area contributed by atoms with Crippen molar-refractivity contribution >= 4 is 5.91 Å². The van der Waals surface area contributed by atoms with E-state index < -0.39 is 0 Å². The lowest BCUT2D eigenvalue weighted by Gasteiger charge is -2.16. The third kappa shape index (κ3) is 3.65. The molecule has 0 aliphatic heterocycles. The molecule has 1 heterocycles. The molecule has 0 saturated heterocycles. The van der Waals surface area contributed by atoms with Gasteiger partial charge in [0, 0.05) is 25.5 Å². The number of aromatic nitrogens is 1. The summed E-state index contributed by atoms with van der Waals surface area (Å²) in [5, 5.41) is 0. The van der Waals surface area contributed by atoms with Gasteiger partial charge < -0.3 is 4.90 Å². The number of rotatable bonds is 5. The lowest BCUT2D eigenvalue weighted by Crippen LogP contribution is -2.27. The second-order valence-corrected chi connectivity index (χ2v) is 4.12. The van der Waals surface area contributed by atoms with E-state index in [1.54, 1.807) is 11.1 Å². The van der Waals surface area contributed by atoms with Gasteiger partial charge in [-0.1, -0.05) is 19.8 Å². The average molecular weight is 220 g/mol. The molecule has 0 N–H and O–H groups in total. The lowest BCUT2D eigenvalue weighted by molar-refractivity contribution is 0.0792. The van der Waals surface area contributed by atoms with E-state index in [1.807, 2.05) is 26.1 Å². The highest BCUT2D eigenvalue weighted by atomic mass is 16.2. The number of aryl methyl sites for hydroxylation is 1. The quantitative estimate of drug-likeness (QED) is 0.715. The van der Waals surface area contributed by atoms with Crippen LogP contribution >= 0.6 is 0 Å². The zero-order valence-electron chi connectivity index (χ0n) is 10.4. The number of pyridine rings is 1. The first kappa shape index (κ1) is 12.7. The number of nitrogens with zero attached hydrogens (tertiary/aromatic N) is 2. The van der Waals surface area contributed by atoms with Crippen LogP contribution in [0.25, 0.3) is 0 Å². The predicted octanol–water partition coefficient (Wildman–Crippen LogP) is 2.65. The van der Waals surface area contributed by atoms with Crippen LogP contribution in [0.4, 0.5) is 0 Å². The maximum atomic E-state index is 11.9. The van der Waals surface area contributed by atoms with E-state index in [9.17, 15) is 4.79 Å². The fourth-order valence-corrected chi connectivity index (χ4v) is 1.52. The fraction of sp³-hybridized carbons (Fsp3) is 0.538. The molecule has 0 saturated carbocycles. The zero-order valence-corrected chi connectivity index (χ0v) is 10.4. The van der Waals surface area contributed by atoms with Crippen LogP contribution in [0.3, 0.4) is 0 Å². The van der Waals surface area contributed by atoms with E-state index >= 15 is 0 Å². The third-order valence-corrected chi connectivity index (χ3v) is 2.60. The fourth-order valence-electron chi connectivity index (χ4n) is 1.52. The van der Waals surface area contributed by atoms with Gasteiger partial charge in [-0.3, -0.25) is 9.78 Å². The minimum Gasteiger partial charge on any atom is -0.342 e. The molecular formula is C13H20N2O. The standard InChI is InChI=1S/C13H20N2O/c1-4-5-6-9-15(3)13(16)12-8-7-11(2)14-10-12/h7-8,10H,4-6,9H2,1-3H3. The van der Waals surface area contributed by atoms with Gasteiger partial charge in [0.05, 0.1) is 5.56 Å². The molecule has 1 rings (SSSR count). The summed E-state index contributed by atoms with van der Waals surface area (Å²) >= 11 is 0. The Bertz CT molecular complexity index is 332. The highest BCUT2D eigenvalue weighted by Crippen LogP contribution is 2.05. The molecule has 0 fully saturated rings. The Hall–Kier alpha value is -1.38. The Kier molecular flexibility index (Phi) is 4.96. The third-order valence-electron chi connectivity index (χ3n) is 2.60. The Labute approximate surface area is 97.5 Å². The van der Waals surface area contributed by atoms with Crippen molar-refractivity contribution in [1.29, 1.82) is 0 Å². The number of hydrogen-bond acceptors (Lipinski definition) is 2. The van der Waals surface area contributed by atoms with Gasteiger partial charge in [-0.15, -0.1) is 0 Å². The van der Waals surface area contributed by atoms with E-state index in [0.29, 0.717) is 5.56 Å². The summed E-state index contributed by atoms with van der Waals surface area (Å²) in [6, 6.07) is 3.70. The predicted molar refractivity (Wildman–Crippen MR) is 65.5 cm³/mol. The minimum absolute atomic E-state index is 0.0589. The van der Waals surface area contributed by atoms with Gasteiger partial charge in [-0.05, 0) is 25.5 Å². The van der Waals surface area contributed by atoms with Crippen LogP contribution in [0.1, 0.15) is 42.2 Å². The topological polar surface area (TPSA) is 33.2 Å². The van der Waals surface area contributed by atoms with E-state index in [-0.39, 0.29) is 5.91 Å². The van der Waals surface area contributed by atoms with Gasteiger partial charge in [0.25, 0.3) is 5.91 Å². The summed E-state index contributed by atoms with van der Waals surface area (Å²) < 4.78 is 0. The van der Waals surface area contributed by atoms with Crippen LogP contribution < -0.4 is 0 Å². The summed E-state index contributed by atoms with van der Waals surface area (Å²) in [5.74, 6) is 0.0589.